The maximum atomic E-state index is 12.3. The fraction of sp³-hybridized carbons (Fsp3) is 0.615. The molecule has 126 valence electrons. The van der Waals surface area contributed by atoms with Gasteiger partial charge in [0, 0.05) is 31.4 Å². The van der Waals surface area contributed by atoms with Crippen LogP contribution in [0.4, 0.5) is 0 Å². The van der Waals surface area contributed by atoms with Gasteiger partial charge in [-0.3, -0.25) is 4.79 Å². The number of nitrogens with one attached hydrogen (secondary N) is 2. The zero-order valence-electron chi connectivity index (χ0n) is 12.8. The molecule has 0 unspecified atom stereocenters. The van der Waals surface area contributed by atoms with Crippen molar-refractivity contribution < 1.29 is 13.2 Å². The summed E-state index contributed by atoms with van der Waals surface area (Å²) in [5, 5.41) is 0. The van der Waals surface area contributed by atoms with E-state index in [1.54, 1.807) is 18.7 Å². The van der Waals surface area contributed by atoms with Crippen LogP contribution in [0, 0.1) is 0 Å². The number of rotatable bonds is 5. The smallest absolute Gasteiger partial charge is 0.270 e. The van der Waals surface area contributed by atoms with Crippen molar-refractivity contribution in [1.29, 1.82) is 0 Å². The number of likely N-dealkylation sites (tertiary alicyclic amines) is 1. The standard InChI is InChI=1S/C13H22N4O3S.ClH/c1-13(2,9-14)16-21(19,20)10-7-11(15-8-10)12(18)17-5-3-4-6-17;/h7-8,15-16H,3-6,9,14H2,1-2H3;1H. The van der Waals surface area contributed by atoms with Gasteiger partial charge < -0.3 is 15.6 Å². The van der Waals surface area contributed by atoms with E-state index in [4.69, 9.17) is 5.73 Å². The lowest BCUT2D eigenvalue weighted by Crippen LogP contribution is -2.48. The predicted molar refractivity (Wildman–Crippen MR) is 86.6 cm³/mol. The number of carbonyl (C=O) groups is 1. The van der Waals surface area contributed by atoms with E-state index in [0.717, 1.165) is 25.9 Å². The van der Waals surface area contributed by atoms with E-state index in [1.807, 2.05) is 0 Å². The van der Waals surface area contributed by atoms with Crippen molar-refractivity contribution >= 4 is 28.3 Å². The minimum absolute atomic E-state index is 0. The Morgan fingerprint density at radius 2 is 2.00 bits per heavy atom. The molecule has 2 heterocycles. The molecule has 1 aromatic rings. The average Bonchev–Trinajstić information content (AvgIpc) is 3.08. The normalized spacial score (nSPS) is 15.7. The fourth-order valence-corrected chi connectivity index (χ4v) is 3.62. The zero-order valence-corrected chi connectivity index (χ0v) is 14.4. The highest BCUT2D eigenvalue weighted by atomic mass is 35.5. The highest BCUT2D eigenvalue weighted by Gasteiger charge is 2.27. The summed E-state index contributed by atoms with van der Waals surface area (Å²) in [7, 11) is -3.70. The summed E-state index contributed by atoms with van der Waals surface area (Å²) < 4.78 is 27.0. The summed E-state index contributed by atoms with van der Waals surface area (Å²) in [4.78, 5) is 16.7. The molecule has 0 bridgehead atoms. The Bertz CT molecular complexity index is 621. The van der Waals surface area contributed by atoms with Gasteiger partial charge >= 0.3 is 0 Å². The van der Waals surface area contributed by atoms with Crippen LogP contribution in [0.2, 0.25) is 0 Å². The average molecular weight is 351 g/mol. The second-order valence-corrected chi connectivity index (χ2v) is 7.62. The van der Waals surface area contributed by atoms with E-state index in [0.29, 0.717) is 5.69 Å². The third-order valence-corrected chi connectivity index (χ3v) is 5.19. The first-order chi connectivity index (χ1) is 9.75. The van der Waals surface area contributed by atoms with Crippen molar-refractivity contribution in [2.45, 2.75) is 37.1 Å². The Kier molecular flexibility index (Phi) is 6.03. The van der Waals surface area contributed by atoms with Crippen molar-refractivity contribution in [2.24, 2.45) is 5.73 Å². The summed E-state index contributed by atoms with van der Waals surface area (Å²) in [6.45, 7) is 5.02. The Labute approximate surface area is 137 Å². The molecule has 1 aromatic heterocycles. The first-order valence-electron chi connectivity index (χ1n) is 6.97. The lowest BCUT2D eigenvalue weighted by Gasteiger charge is -2.23. The molecule has 1 amide bonds. The number of aromatic amines is 1. The van der Waals surface area contributed by atoms with E-state index in [-0.39, 0.29) is 29.8 Å². The third-order valence-electron chi connectivity index (χ3n) is 3.51. The van der Waals surface area contributed by atoms with E-state index in [2.05, 4.69) is 9.71 Å². The number of halogens is 1. The number of sulfonamides is 1. The summed E-state index contributed by atoms with van der Waals surface area (Å²) in [5.74, 6) is -0.160. The highest BCUT2D eigenvalue weighted by Crippen LogP contribution is 2.17. The molecule has 4 N–H and O–H groups in total. The maximum Gasteiger partial charge on any atom is 0.270 e. The van der Waals surface area contributed by atoms with Gasteiger partial charge in [-0.1, -0.05) is 0 Å². The second-order valence-electron chi connectivity index (χ2n) is 5.94. The Morgan fingerprint density at radius 1 is 1.41 bits per heavy atom. The predicted octanol–water partition coefficient (Wildman–Crippen LogP) is 0.688. The molecule has 0 spiro atoms. The molecular formula is C13H23ClN4O3S. The van der Waals surface area contributed by atoms with Crippen LogP contribution in [0.15, 0.2) is 17.2 Å². The van der Waals surface area contributed by atoms with Crippen molar-refractivity contribution in [1.82, 2.24) is 14.6 Å². The van der Waals surface area contributed by atoms with Gasteiger partial charge in [-0.2, -0.15) is 0 Å². The number of nitrogens with zero attached hydrogens (tertiary/aromatic N) is 1. The summed E-state index contributed by atoms with van der Waals surface area (Å²) in [6, 6.07) is 1.37. The van der Waals surface area contributed by atoms with Gasteiger partial charge in [-0.15, -0.1) is 12.4 Å². The molecule has 7 nitrogen and oxygen atoms in total. The lowest BCUT2D eigenvalue weighted by atomic mass is 10.1. The van der Waals surface area contributed by atoms with Crippen molar-refractivity contribution in [3.63, 3.8) is 0 Å². The molecule has 0 radical (unpaired) electrons. The van der Waals surface area contributed by atoms with Gasteiger partial charge in [0.05, 0.1) is 0 Å². The largest absolute Gasteiger partial charge is 0.356 e. The number of amides is 1. The van der Waals surface area contributed by atoms with Gasteiger partial charge in [-0.05, 0) is 32.8 Å². The van der Waals surface area contributed by atoms with Crippen molar-refractivity contribution in [3.8, 4) is 0 Å². The van der Waals surface area contributed by atoms with Crippen LogP contribution in [0.1, 0.15) is 37.2 Å². The molecule has 2 rings (SSSR count). The minimum Gasteiger partial charge on any atom is -0.356 e. The monoisotopic (exact) mass is 350 g/mol. The van der Waals surface area contributed by atoms with Gasteiger partial charge in [0.15, 0.2) is 0 Å². The van der Waals surface area contributed by atoms with Gasteiger partial charge in [0.2, 0.25) is 10.0 Å². The number of hydrogen-bond donors (Lipinski definition) is 3. The first kappa shape index (κ1) is 19.0. The molecule has 0 aliphatic carbocycles. The molecular weight excluding hydrogens is 328 g/mol. The Balaban J connectivity index is 0.00000242. The highest BCUT2D eigenvalue weighted by molar-refractivity contribution is 7.89. The molecule has 1 aliphatic rings. The Hall–Kier alpha value is -1.09. The minimum atomic E-state index is -3.70. The van der Waals surface area contributed by atoms with Crippen LogP contribution >= 0.6 is 12.4 Å². The molecule has 0 atom stereocenters. The van der Waals surface area contributed by atoms with Gasteiger partial charge in [0.25, 0.3) is 5.91 Å². The van der Waals surface area contributed by atoms with E-state index < -0.39 is 15.6 Å². The van der Waals surface area contributed by atoms with Crippen LogP contribution in [-0.2, 0) is 10.0 Å². The van der Waals surface area contributed by atoms with E-state index >= 15 is 0 Å². The van der Waals surface area contributed by atoms with Crippen LogP contribution < -0.4 is 10.5 Å². The molecule has 0 saturated carbocycles. The SMILES string of the molecule is CC(C)(CN)NS(=O)(=O)c1c[nH]c(C(=O)N2CCCC2)c1.Cl. The number of H-pyrrole nitrogens is 1. The van der Waals surface area contributed by atoms with Crippen molar-refractivity contribution in [3.05, 3.63) is 18.0 Å². The molecule has 1 aliphatic heterocycles. The fourth-order valence-electron chi connectivity index (χ4n) is 2.21. The Morgan fingerprint density at radius 3 is 2.55 bits per heavy atom. The van der Waals surface area contributed by atoms with Crippen LogP contribution in [-0.4, -0.2) is 49.4 Å². The molecule has 22 heavy (non-hydrogen) atoms. The summed E-state index contributed by atoms with van der Waals surface area (Å²) >= 11 is 0. The molecule has 9 heteroatoms. The molecule has 1 fully saturated rings. The lowest BCUT2D eigenvalue weighted by molar-refractivity contribution is 0.0787. The van der Waals surface area contributed by atoms with Crippen LogP contribution in [0.3, 0.4) is 0 Å². The molecule has 0 aromatic carbocycles. The summed E-state index contributed by atoms with van der Waals surface area (Å²) in [5.41, 5.74) is 5.09. The quantitative estimate of drug-likeness (QED) is 0.725. The van der Waals surface area contributed by atoms with Gasteiger partial charge in [0.1, 0.15) is 10.6 Å². The molecule has 1 saturated heterocycles. The van der Waals surface area contributed by atoms with E-state index in [1.165, 1.54) is 12.3 Å². The maximum absolute atomic E-state index is 12.3. The van der Waals surface area contributed by atoms with Gasteiger partial charge in [-0.25, -0.2) is 13.1 Å². The van der Waals surface area contributed by atoms with E-state index in [9.17, 15) is 13.2 Å². The zero-order chi connectivity index (χ0) is 15.7. The number of nitrogens with two attached hydrogens (primary N) is 1. The third kappa shape index (κ3) is 4.22. The summed E-state index contributed by atoms with van der Waals surface area (Å²) in [6.07, 6.45) is 3.31. The second kappa shape index (κ2) is 6.99. The first-order valence-corrected chi connectivity index (χ1v) is 8.45. The van der Waals surface area contributed by atoms with Crippen LogP contribution in [0.5, 0.6) is 0 Å². The van der Waals surface area contributed by atoms with Crippen molar-refractivity contribution in [2.75, 3.05) is 19.6 Å². The topological polar surface area (TPSA) is 108 Å². The number of carbonyl (C=O) groups excluding carboxylic acids is 1. The number of hydrogen-bond acceptors (Lipinski definition) is 4. The van der Waals surface area contributed by atoms with Crippen LogP contribution in [0.25, 0.3) is 0 Å². The number of aromatic nitrogens is 1.